The Balaban J connectivity index is 1.70. The molecule has 0 atom stereocenters. The van der Waals surface area contributed by atoms with Crippen LogP contribution in [0.25, 0.3) is 11.3 Å². The van der Waals surface area contributed by atoms with Gasteiger partial charge in [0.25, 0.3) is 0 Å². The maximum Gasteiger partial charge on any atom is 0.121 e. The first-order chi connectivity index (χ1) is 9.72. The van der Waals surface area contributed by atoms with Crippen LogP contribution in [0.2, 0.25) is 0 Å². The number of hydrogen-bond donors (Lipinski definition) is 1. The fraction of sp³-hybridized carbons (Fsp3) is 0.400. The number of hydrogen-bond acceptors (Lipinski definition) is 4. The molecule has 0 bridgehead atoms. The molecule has 106 valence electrons. The van der Waals surface area contributed by atoms with E-state index in [0.29, 0.717) is 11.9 Å². The van der Waals surface area contributed by atoms with Gasteiger partial charge in [-0.3, -0.25) is 4.68 Å². The van der Waals surface area contributed by atoms with Crippen LogP contribution in [0.5, 0.6) is 5.75 Å². The molecule has 3 rings (SSSR count). The molecular weight excluding hydrogens is 270 g/mol. The fourth-order valence-corrected chi connectivity index (χ4v) is 3.38. The highest BCUT2D eigenvalue weighted by atomic mass is 32.2. The third-order valence-corrected chi connectivity index (χ3v) is 4.59. The number of aryl methyl sites for hydroxylation is 1. The number of rotatable bonds is 3. The Kier molecular flexibility index (Phi) is 3.87. The normalized spacial score (nSPS) is 16.2. The minimum atomic E-state index is 0.368. The molecule has 2 heterocycles. The summed E-state index contributed by atoms with van der Waals surface area (Å²) in [6.07, 6.45) is 2.65. The molecule has 2 aromatic rings. The second-order valence-corrected chi connectivity index (χ2v) is 6.26. The van der Waals surface area contributed by atoms with Crippen LogP contribution in [0, 0.1) is 0 Å². The highest BCUT2D eigenvalue weighted by Gasteiger charge is 2.15. The van der Waals surface area contributed by atoms with E-state index < -0.39 is 0 Å². The number of benzene rings is 1. The van der Waals surface area contributed by atoms with E-state index in [9.17, 15) is 0 Å². The second kappa shape index (κ2) is 5.79. The van der Waals surface area contributed by atoms with Gasteiger partial charge in [-0.05, 0) is 48.6 Å². The van der Waals surface area contributed by atoms with Crippen molar-refractivity contribution in [3.05, 3.63) is 30.3 Å². The summed E-state index contributed by atoms with van der Waals surface area (Å²) in [4.78, 5) is 0. The van der Waals surface area contributed by atoms with Crippen LogP contribution in [-0.4, -0.2) is 27.4 Å². The number of nitrogens with two attached hydrogens (primary N) is 1. The average Bonchev–Trinajstić information content (AvgIpc) is 2.81. The van der Waals surface area contributed by atoms with Crippen molar-refractivity contribution in [1.82, 2.24) is 9.78 Å². The molecule has 1 aliphatic rings. The van der Waals surface area contributed by atoms with Crippen LogP contribution >= 0.6 is 11.8 Å². The molecule has 1 aromatic carbocycles. The Bertz CT molecular complexity index is 554. The summed E-state index contributed by atoms with van der Waals surface area (Å²) >= 11 is 2.01. The summed E-state index contributed by atoms with van der Waals surface area (Å²) in [6, 6.07) is 9.99. The number of anilines is 1. The van der Waals surface area contributed by atoms with Crippen molar-refractivity contribution in [3.8, 4) is 17.0 Å². The predicted octanol–water partition coefficient (Wildman–Crippen LogP) is 2.94. The molecule has 0 saturated carbocycles. The number of thioether (sulfide) groups is 1. The molecule has 0 aliphatic carbocycles. The monoisotopic (exact) mass is 289 g/mol. The summed E-state index contributed by atoms with van der Waals surface area (Å²) in [5.41, 5.74) is 7.76. The second-order valence-electron chi connectivity index (χ2n) is 5.03. The van der Waals surface area contributed by atoms with E-state index in [1.54, 1.807) is 4.68 Å². The quantitative estimate of drug-likeness (QED) is 0.944. The van der Waals surface area contributed by atoms with Gasteiger partial charge in [0.05, 0.1) is 5.69 Å². The Labute approximate surface area is 123 Å². The summed E-state index contributed by atoms with van der Waals surface area (Å²) in [7, 11) is 1.84. The van der Waals surface area contributed by atoms with Crippen LogP contribution in [0.3, 0.4) is 0 Å². The Morgan fingerprint density at radius 1 is 1.25 bits per heavy atom. The molecular formula is C15H19N3OS. The van der Waals surface area contributed by atoms with Gasteiger partial charge in [-0.1, -0.05) is 0 Å². The van der Waals surface area contributed by atoms with Crippen molar-refractivity contribution in [2.75, 3.05) is 17.2 Å². The Morgan fingerprint density at radius 2 is 1.95 bits per heavy atom. The lowest BCUT2D eigenvalue weighted by atomic mass is 10.1. The molecule has 5 heteroatoms. The van der Waals surface area contributed by atoms with Gasteiger partial charge in [0, 0.05) is 18.7 Å². The van der Waals surface area contributed by atoms with E-state index in [4.69, 9.17) is 10.5 Å². The van der Waals surface area contributed by atoms with Gasteiger partial charge in [-0.2, -0.15) is 16.9 Å². The molecule has 1 aromatic heterocycles. The van der Waals surface area contributed by atoms with Gasteiger partial charge < -0.3 is 10.5 Å². The molecule has 0 spiro atoms. The van der Waals surface area contributed by atoms with Crippen molar-refractivity contribution in [2.45, 2.75) is 18.9 Å². The third-order valence-electron chi connectivity index (χ3n) is 3.54. The van der Waals surface area contributed by atoms with Crippen LogP contribution in [0.4, 0.5) is 5.82 Å². The van der Waals surface area contributed by atoms with E-state index in [0.717, 1.165) is 29.8 Å². The van der Waals surface area contributed by atoms with Crippen molar-refractivity contribution in [2.24, 2.45) is 7.05 Å². The first kappa shape index (κ1) is 13.4. The lowest BCUT2D eigenvalue weighted by Gasteiger charge is -2.22. The van der Waals surface area contributed by atoms with E-state index in [1.165, 1.54) is 11.5 Å². The molecule has 0 radical (unpaired) electrons. The minimum Gasteiger partial charge on any atom is -0.490 e. The zero-order valence-corrected chi connectivity index (χ0v) is 12.4. The van der Waals surface area contributed by atoms with Gasteiger partial charge in [0.1, 0.15) is 17.7 Å². The summed E-state index contributed by atoms with van der Waals surface area (Å²) in [6.45, 7) is 0. The molecule has 0 amide bonds. The number of nitrogens with zero attached hydrogens (tertiary/aromatic N) is 2. The molecule has 4 nitrogen and oxygen atoms in total. The summed E-state index contributed by atoms with van der Waals surface area (Å²) in [5.74, 6) is 4.01. The van der Waals surface area contributed by atoms with Gasteiger partial charge >= 0.3 is 0 Å². The number of ether oxygens (including phenoxy) is 1. The van der Waals surface area contributed by atoms with Gasteiger partial charge in [0.2, 0.25) is 0 Å². The fourth-order valence-electron chi connectivity index (χ4n) is 2.31. The topological polar surface area (TPSA) is 53.1 Å². The van der Waals surface area contributed by atoms with Crippen LogP contribution in [0.1, 0.15) is 12.8 Å². The third kappa shape index (κ3) is 2.93. The van der Waals surface area contributed by atoms with Crippen molar-refractivity contribution in [3.63, 3.8) is 0 Å². The number of aromatic nitrogens is 2. The van der Waals surface area contributed by atoms with E-state index in [1.807, 2.05) is 49.1 Å². The van der Waals surface area contributed by atoms with Gasteiger partial charge in [0.15, 0.2) is 0 Å². The predicted molar refractivity (Wildman–Crippen MR) is 84.0 cm³/mol. The smallest absolute Gasteiger partial charge is 0.121 e. The van der Waals surface area contributed by atoms with Gasteiger partial charge in [-0.25, -0.2) is 0 Å². The molecule has 2 N–H and O–H groups in total. The van der Waals surface area contributed by atoms with E-state index >= 15 is 0 Å². The minimum absolute atomic E-state index is 0.368. The van der Waals surface area contributed by atoms with E-state index in [2.05, 4.69) is 5.10 Å². The highest BCUT2D eigenvalue weighted by Crippen LogP contribution is 2.26. The number of nitrogen functional groups attached to an aromatic ring is 1. The highest BCUT2D eigenvalue weighted by molar-refractivity contribution is 7.99. The molecule has 20 heavy (non-hydrogen) atoms. The SMILES string of the molecule is Cn1nc(-c2ccc(OC3CCSCC3)cc2)cc1N. The maximum absolute atomic E-state index is 6.01. The molecule has 1 fully saturated rings. The first-order valence-corrected chi connectivity index (χ1v) is 8.02. The summed E-state index contributed by atoms with van der Waals surface area (Å²) in [5, 5.41) is 4.37. The van der Waals surface area contributed by atoms with Crippen molar-refractivity contribution in [1.29, 1.82) is 0 Å². The van der Waals surface area contributed by atoms with Crippen LogP contribution < -0.4 is 10.5 Å². The molecule has 0 unspecified atom stereocenters. The zero-order chi connectivity index (χ0) is 13.9. The first-order valence-electron chi connectivity index (χ1n) is 6.87. The largest absolute Gasteiger partial charge is 0.490 e. The van der Waals surface area contributed by atoms with Crippen molar-refractivity contribution < 1.29 is 4.74 Å². The van der Waals surface area contributed by atoms with E-state index in [-0.39, 0.29) is 0 Å². The van der Waals surface area contributed by atoms with Crippen LogP contribution in [0.15, 0.2) is 30.3 Å². The Morgan fingerprint density at radius 3 is 2.55 bits per heavy atom. The Hall–Kier alpha value is -1.62. The van der Waals surface area contributed by atoms with Crippen LogP contribution in [-0.2, 0) is 7.05 Å². The zero-order valence-electron chi connectivity index (χ0n) is 11.6. The molecule has 1 saturated heterocycles. The summed E-state index contributed by atoms with van der Waals surface area (Å²) < 4.78 is 7.69. The molecule has 1 aliphatic heterocycles. The lowest BCUT2D eigenvalue weighted by Crippen LogP contribution is -2.21. The standard InChI is InChI=1S/C15H19N3OS/c1-18-15(16)10-14(17-18)11-2-4-12(5-3-11)19-13-6-8-20-9-7-13/h2-5,10,13H,6-9,16H2,1H3. The average molecular weight is 289 g/mol. The van der Waals surface area contributed by atoms with Gasteiger partial charge in [-0.15, -0.1) is 0 Å². The lowest BCUT2D eigenvalue weighted by molar-refractivity contribution is 0.192. The van der Waals surface area contributed by atoms with Crippen molar-refractivity contribution >= 4 is 17.6 Å². The maximum atomic E-state index is 6.01.